The van der Waals surface area contributed by atoms with Gasteiger partial charge >= 0.3 is 5.69 Å². The summed E-state index contributed by atoms with van der Waals surface area (Å²) in [6.07, 6.45) is 5.74. The van der Waals surface area contributed by atoms with Crippen LogP contribution in [0, 0.1) is 10.1 Å². The average molecular weight is 298 g/mol. The second kappa shape index (κ2) is 4.18. The Morgan fingerprint density at radius 3 is 2.86 bits per heavy atom. The van der Waals surface area contributed by atoms with Crippen LogP contribution in [0.1, 0.15) is 0 Å². The van der Waals surface area contributed by atoms with Gasteiger partial charge in [0.25, 0.3) is 5.56 Å². The minimum Gasteiger partial charge on any atom is -0.316 e. The van der Waals surface area contributed by atoms with Crippen molar-refractivity contribution in [2.45, 2.75) is 0 Å². The lowest BCUT2D eigenvalue weighted by molar-refractivity contribution is -0.384. The molecule has 108 valence electrons. The fraction of sp³-hybridized carbons (Fsp3) is 0. The van der Waals surface area contributed by atoms with E-state index >= 15 is 0 Å². The maximum atomic E-state index is 11.9. The van der Waals surface area contributed by atoms with Crippen molar-refractivity contribution in [2.24, 2.45) is 0 Å². The molecule has 0 radical (unpaired) electrons. The molecule has 4 aromatic heterocycles. The molecular formula is C11H6N8O3. The molecule has 0 spiro atoms. The van der Waals surface area contributed by atoms with Crippen LogP contribution in [0.4, 0.5) is 5.69 Å². The van der Waals surface area contributed by atoms with E-state index in [2.05, 4.69) is 25.1 Å². The molecule has 0 aromatic carbocycles. The number of aromatic nitrogens is 7. The van der Waals surface area contributed by atoms with E-state index in [0.29, 0.717) is 5.65 Å². The molecule has 0 saturated carbocycles. The van der Waals surface area contributed by atoms with E-state index in [1.807, 2.05) is 0 Å². The average Bonchev–Trinajstić information content (AvgIpc) is 3.18. The van der Waals surface area contributed by atoms with Crippen LogP contribution in [-0.4, -0.2) is 39.0 Å². The van der Waals surface area contributed by atoms with Gasteiger partial charge in [0.2, 0.25) is 11.5 Å². The summed E-state index contributed by atoms with van der Waals surface area (Å²) in [6.45, 7) is 0. The largest absolute Gasteiger partial charge is 0.316 e. The molecule has 0 fully saturated rings. The normalized spacial score (nSPS) is 11.3. The molecular weight excluding hydrogens is 292 g/mol. The number of pyridine rings is 1. The van der Waals surface area contributed by atoms with Gasteiger partial charge in [-0.25, -0.2) is 9.97 Å². The number of imidazole rings is 1. The third-order valence-electron chi connectivity index (χ3n) is 3.14. The van der Waals surface area contributed by atoms with E-state index in [-0.39, 0.29) is 22.7 Å². The van der Waals surface area contributed by atoms with Crippen LogP contribution in [0.5, 0.6) is 0 Å². The molecule has 0 atom stereocenters. The van der Waals surface area contributed by atoms with Crippen molar-refractivity contribution in [1.29, 1.82) is 0 Å². The number of aromatic amines is 1. The van der Waals surface area contributed by atoms with Crippen LogP contribution in [0.2, 0.25) is 0 Å². The van der Waals surface area contributed by atoms with Crippen molar-refractivity contribution in [3.8, 4) is 5.82 Å². The van der Waals surface area contributed by atoms with Crippen molar-refractivity contribution >= 4 is 22.5 Å². The van der Waals surface area contributed by atoms with E-state index in [1.165, 1.54) is 40.1 Å². The first-order valence-electron chi connectivity index (χ1n) is 6.04. The molecule has 0 amide bonds. The van der Waals surface area contributed by atoms with Gasteiger partial charge in [-0.15, -0.1) is 10.2 Å². The number of fused-ring (bicyclic) bond motifs is 3. The summed E-state index contributed by atoms with van der Waals surface area (Å²) in [6, 6.07) is 1.25. The third kappa shape index (κ3) is 1.59. The highest BCUT2D eigenvalue weighted by Gasteiger charge is 2.21. The minimum atomic E-state index is -0.573. The fourth-order valence-corrected chi connectivity index (χ4v) is 2.19. The smallest absolute Gasteiger partial charge is 0.314 e. The Labute approximate surface area is 120 Å². The van der Waals surface area contributed by atoms with Gasteiger partial charge < -0.3 is 4.98 Å². The van der Waals surface area contributed by atoms with E-state index in [9.17, 15) is 14.9 Å². The lowest BCUT2D eigenvalue weighted by atomic mass is 10.3. The molecule has 0 aliphatic carbocycles. The van der Waals surface area contributed by atoms with Crippen LogP contribution < -0.4 is 5.56 Å². The van der Waals surface area contributed by atoms with E-state index in [4.69, 9.17) is 0 Å². The Bertz CT molecular complexity index is 1080. The van der Waals surface area contributed by atoms with Gasteiger partial charge in [0.05, 0.1) is 10.4 Å². The highest BCUT2D eigenvalue weighted by atomic mass is 16.6. The Balaban J connectivity index is 2.18. The number of nitro groups is 1. The molecule has 0 aliphatic rings. The predicted octanol–water partition coefficient (Wildman–Crippen LogP) is 0.0597. The summed E-state index contributed by atoms with van der Waals surface area (Å²) in [4.78, 5) is 33.2. The van der Waals surface area contributed by atoms with Gasteiger partial charge in [-0.3, -0.25) is 23.9 Å². The number of hydrogen-bond donors (Lipinski definition) is 1. The van der Waals surface area contributed by atoms with Crippen LogP contribution in [0.3, 0.4) is 0 Å². The Morgan fingerprint density at radius 1 is 1.27 bits per heavy atom. The number of nitrogens with zero attached hydrogens (tertiary/aromatic N) is 7. The molecule has 4 aromatic rings. The van der Waals surface area contributed by atoms with E-state index in [1.54, 1.807) is 0 Å². The third-order valence-corrected chi connectivity index (χ3v) is 3.14. The lowest BCUT2D eigenvalue weighted by Gasteiger charge is -2.06. The monoisotopic (exact) mass is 298 g/mol. The second-order valence-electron chi connectivity index (χ2n) is 4.41. The van der Waals surface area contributed by atoms with Crippen LogP contribution in [0.15, 0.2) is 35.9 Å². The maximum Gasteiger partial charge on any atom is 0.314 e. The number of rotatable bonds is 2. The first-order valence-corrected chi connectivity index (χ1v) is 6.04. The van der Waals surface area contributed by atoms with Gasteiger partial charge in [0, 0.05) is 18.5 Å². The van der Waals surface area contributed by atoms with Crippen LogP contribution in [-0.2, 0) is 0 Å². The zero-order valence-electron chi connectivity index (χ0n) is 10.7. The highest BCUT2D eigenvalue weighted by molar-refractivity contribution is 5.78. The molecule has 11 heteroatoms. The summed E-state index contributed by atoms with van der Waals surface area (Å²) in [5.41, 5.74) is -0.183. The van der Waals surface area contributed by atoms with Gasteiger partial charge in [-0.1, -0.05) is 0 Å². The van der Waals surface area contributed by atoms with E-state index in [0.717, 1.165) is 0 Å². The quantitative estimate of drug-likeness (QED) is 0.408. The summed E-state index contributed by atoms with van der Waals surface area (Å²) in [5.74, 6) is 0.0806. The van der Waals surface area contributed by atoms with Crippen LogP contribution >= 0.6 is 0 Å². The Morgan fingerprint density at radius 2 is 2.14 bits per heavy atom. The summed E-state index contributed by atoms with van der Waals surface area (Å²) in [7, 11) is 0. The zero-order chi connectivity index (χ0) is 15.3. The number of H-pyrrole nitrogens is 1. The summed E-state index contributed by atoms with van der Waals surface area (Å²) < 4.78 is 2.79. The second-order valence-corrected chi connectivity index (χ2v) is 4.41. The standard InChI is InChI=1S/C11H6N8O3/c20-11-10-16-13-5-18(10)8-6(14-11)3-7(19(21)22)9(15-8)17-2-1-12-4-17/h1-5H,(H,14,20). The molecule has 4 heterocycles. The molecule has 0 saturated heterocycles. The highest BCUT2D eigenvalue weighted by Crippen LogP contribution is 2.24. The molecule has 11 nitrogen and oxygen atoms in total. The van der Waals surface area contributed by atoms with Crippen molar-refractivity contribution in [2.75, 3.05) is 0 Å². The van der Waals surface area contributed by atoms with Crippen molar-refractivity contribution in [1.82, 2.24) is 34.1 Å². The Hall–Kier alpha value is -3.63. The molecule has 4 rings (SSSR count). The number of nitrogens with one attached hydrogen (secondary N) is 1. The minimum absolute atomic E-state index is 0.0606. The van der Waals surface area contributed by atoms with Gasteiger partial charge in [0.15, 0.2) is 5.65 Å². The molecule has 22 heavy (non-hydrogen) atoms. The molecule has 0 aliphatic heterocycles. The fourth-order valence-electron chi connectivity index (χ4n) is 2.19. The lowest BCUT2D eigenvalue weighted by Crippen LogP contribution is -2.13. The van der Waals surface area contributed by atoms with E-state index < -0.39 is 10.5 Å². The van der Waals surface area contributed by atoms with Crippen molar-refractivity contribution in [3.63, 3.8) is 0 Å². The Kier molecular flexibility index (Phi) is 2.31. The zero-order valence-corrected chi connectivity index (χ0v) is 10.7. The topological polar surface area (TPSA) is 137 Å². The number of hydrogen-bond acceptors (Lipinski definition) is 7. The first kappa shape index (κ1) is 12.1. The molecule has 1 N–H and O–H groups in total. The van der Waals surface area contributed by atoms with Gasteiger partial charge in [0.1, 0.15) is 12.7 Å². The molecule has 0 unspecified atom stereocenters. The van der Waals surface area contributed by atoms with Crippen LogP contribution in [0.25, 0.3) is 22.6 Å². The first-order chi connectivity index (χ1) is 10.6. The SMILES string of the molecule is O=c1[nH]c2cc([N+](=O)[O-])c(-n3ccnc3)nc2n2cnnc12. The summed E-state index contributed by atoms with van der Waals surface area (Å²) >= 11 is 0. The van der Waals surface area contributed by atoms with Crippen molar-refractivity contribution < 1.29 is 4.92 Å². The van der Waals surface area contributed by atoms with Crippen molar-refractivity contribution in [3.05, 3.63) is 51.6 Å². The molecule has 0 bridgehead atoms. The maximum absolute atomic E-state index is 11.9. The predicted molar refractivity (Wildman–Crippen MR) is 72.7 cm³/mol. The van der Waals surface area contributed by atoms with Gasteiger partial charge in [-0.05, 0) is 0 Å². The summed E-state index contributed by atoms with van der Waals surface area (Å²) in [5, 5.41) is 18.6. The van der Waals surface area contributed by atoms with Gasteiger partial charge in [-0.2, -0.15) is 0 Å².